The van der Waals surface area contributed by atoms with Gasteiger partial charge in [-0.25, -0.2) is 0 Å². The Bertz CT molecular complexity index is 371. The van der Waals surface area contributed by atoms with Crippen LogP contribution in [0, 0.1) is 5.92 Å². The van der Waals surface area contributed by atoms with Gasteiger partial charge in [0.05, 0.1) is 6.67 Å². The Morgan fingerprint density at radius 1 is 1.33 bits per heavy atom. The van der Waals surface area contributed by atoms with Crippen LogP contribution in [-0.2, 0) is 6.54 Å². The van der Waals surface area contributed by atoms with Gasteiger partial charge in [0.1, 0.15) is 0 Å². The smallest absolute Gasteiger partial charge is 0.0776 e. The molecule has 1 rings (SSSR count). The third-order valence-electron chi connectivity index (χ3n) is 3.21. The van der Waals surface area contributed by atoms with E-state index in [-0.39, 0.29) is 0 Å². The summed E-state index contributed by atoms with van der Waals surface area (Å²) >= 11 is 0. The van der Waals surface area contributed by atoms with E-state index in [9.17, 15) is 0 Å². The minimum absolute atomic E-state index is 0.446. The Labute approximate surface area is 109 Å². The molecule has 0 N–H and O–H groups in total. The van der Waals surface area contributed by atoms with Gasteiger partial charge in [-0.05, 0) is 30.0 Å². The van der Waals surface area contributed by atoms with E-state index in [1.54, 1.807) is 0 Å². The number of azide groups is 1. The number of benzene rings is 1. The van der Waals surface area contributed by atoms with E-state index in [0.29, 0.717) is 12.6 Å². The van der Waals surface area contributed by atoms with Gasteiger partial charge in [-0.15, -0.1) is 0 Å². The molecule has 0 saturated carbocycles. The molecule has 4 heteroatoms. The quantitative estimate of drug-likeness (QED) is 0.385. The summed E-state index contributed by atoms with van der Waals surface area (Å²) in [5.41, 5.74) is 9.70. The van der Waals surface area contributed by atoms with E-state index in [0.717, 1.165) is 19.5 Å². The lowest BCUT2D eigenvalue weighted by atomic mass is 10.1. The summed E-state index contributed by atoms with van der Waals surface area (Å²) in [6.45, 7) is 6.73. The summed E-state index contributed by atoms with van der Waals surface area (Å²) in [6, 6.07) is 10.3. The molecule has 0 fully saturated rings. The molecule has 98 valence electrons. The van der Waals surface area contributed by atoms with Crippen molar-refractivity contribution in [3.8, 4) is 0 Å². The Morgan fingerprint density at radius 2 is 2.06 bits per heavy atom. The van der Waals surface area contributed by atoms with Crippen LogP contribution in [0.1, 0.15) is 32.3 Å². The zero-order valence-electron chi connectivity index (χ0n) is 11.3. The van der Waals surface area contributed by atoms with E-state index in [1.807, 2.05) is 18.2 Å². The highest BCUT2D eigenvalue weighted by Crippen LogP contribution is 2.10. The van der Waals surface area contributed by atoms with E-state index >= 15 is 0 Å². The number of nitrogens with zero attached hydrogens (tertiary/aromatic N) is 4. The third kappa shape index (κ3) is 5.71. The third-order valence-corrected chi connectivity index (χ3v) is 3.21. The van der Waals surface area contributed by atoms with Gasteiger partial charge in [-0.2, -0.15) is 0 Å². The Kier molecular flexibility index (Phi) is 6.92. The molecule has 0 aromatic heterocycles. The average Bonchev–Trinajstić information content (AvgIpc) is 2.42. The molecule has 0 heterocycles. The molecule has 1 aromatic rings. The van der Waals surface area contributed by atoms with Gasteiger partial charge >= 0.3 is 0 Å². The second-order valence-electron chi connectivity index (χ2n) is 4.71. The molecule has 4 nitrogen and oxygen atoms in total. The Balaban J connectivity index is 2.52. The maximum Gasteiger partial charge on any atom is 0.0776 e. The fourth-order valence-corrected chi connectivity index (χ4v) is 1.77. The number of hydrogen-bond acceptors (Lipinski definition) is 2. The number of rotatable bonds is 8. The molecule has 0 aliphatic rings. The van der Waals surface area contributed by atoms with Crippen molar-refractivity contribution in [2.45, 2.75) is 33.2 Å². The highest BCUT2D eigenvalue weighted by atomic mass is 15.3. The van der Waals surface area contributed by atoms with Crippen LogP contribution in [-0.4, -0.2) is 18.1 Å². The van der Waals surface area contributed by atoms with Crippen molar-refractivity contribution in [1.82, 2.24) is 4.90 Å². The zero-order valence-corrected chi connectivity index (χ0v) is 11.3. The average molecular weight is 246 g/mol. The SMILES string of the molecule is CCC(C)CCN(CN=[N+]=[N-])Cc1ccccc1. The molecule has 0 bridgehead atoms. The predicted molar refractivity (Wildman–Crippen MR) is 74.9 cm³/mol. The van der Waals surface area contributed by atoms with Crippen LogP contribution in [0.2, 0.25) is 0 Å². The van der Waals surface area contributed by atoms with Crippen LogP contribution in [0.5, 0.6) is 0 Å². The van der Waals surface area contributed by atoms with Crippen molar-refractivity contribution in [3.63, 3.8) is 0 Å². The van der Waals surface area contributed by atoms with Gasteiger partial charge in [0.15, 0.2) is 0 Å². The van der Waals surface area contributed by atoms with Gasteiger partial charge in [0.25, 0.3) is 0 Å². The minimum atomic E-state index is 0.446. The van der Waals surface area contributed by atoms with Crippen LogP contribution in [0.25, 0.3) is 10.4 Å². The van der Waals surface area contributed by atoms with Gasteiger partial charge in [-0.1, -0.05) is 55.7 Å². The highest BCUT2D eigenvalue weighted by molar-refractivity contribution is 5.14. The van der Waals surface area contributed by atoms with Crippen LogP contribution >= 0.6 is 0 Å². The molecule has 0 radical (unpaired) electrons. The predicted octanol–water partition coefficient (Wildman–Crippen LogP) is 4.19. The minimum Gasteiger partial charge on any atom is -0.293 e. The molecule has 1 atom stereocenters. The lowest BCUT2D eigenvalue weighted by Gasteiger charge is -2.21. The summed E-state index contributed by atoms with van der Waals surface area (Å²) in [5, 5.41) is 3.68. The van der Waals surface area contributed by atoms with E-state index in [1.165, 1.54) is 12.0 Å². The van der Waals surface area contributed by atoms with Gasteiger partial charge in [-0.3, -0.25) is 4.90 Å². The highest BCUT2D eigenvalue weighted by Gasteiger charge is 2.07. The zero-order chi connectivity index (χ0) is 13.2. The normalized spacial score (nSPS) is 12.2. The second kappa shape index (κ2) is 8.56. The fraction of sp³-hybridized carbons (Fsp3) is 0.571. The van der Waals surface area contributed by atoms with Crippen LogP contribution in [0.3, 0.4) is 0 Å². The van der Waals surface area contributed by atoms with E-state index in [4.69, 9.17) is 5.53 Å². The van der Waals surface area contributed by atoms with Crippen molar-refractivity contribution in [2.75, 3.05) is 13.2 Å². The fourth-order valence-electron chi connectivity index (χ4n) is 1.77. The van der Waals surface area contributed by atoms with Crippen LogP contribution < -0.4 is 0 Å². The van der Waals surface area contributed by atoms with Gasteiger partial charge < -0.3 is 0 Å². The maximum absolute atomic E-state index is 8.44. The second-order valence-corrected chi connectivity index (χ2v) is 4.71. The van der Waals surface area contributed by atoms with Crippen molar-refractivity contribution in [2.24, 2.45) is 11.0 Å². The maximum atomic E-state index is 8.44. The van der Waals surface area contributed by atoms with Gasteiger partial charge in [0, 0.05) is 11.5 Å². The van der Waals surface area contributed by atoms with Crippen LogP contribution in [0.15, 0.2) is 35.4 Å². The first-order chi connectivity index (χ1) is 8.76. The molecule has 0 amide bonds. The molecule has 0 saturated heterocycles. The van der Waals surface area contributed by atoms with E-state index in [2.05, 4.69) is 40.9 Å². The molecule has 18 heavy (non-hydrogen) atoms. The molecular formula is C14H22N4. The summed E-state index contributed by atoms with van der Waals surface area (Å²) < 4.78 is 0. The first-order valence-electron chi connectivity index (χ1n) is 6.53. The lowest BCUT2D eigenvalue weighted by Crippen LogP contribution is -2.25. The van der Waals surface area contributed by atoms with Gasteiger partial charge in [0.2, 0.25) is 0 Å². The number of hydrogen-bond donors (Lipinski definition) is 0. The summed E-state index contributed by atoms with van der Waals surface area (Å²) in [4.78, 5) is 5.04. The first kappa shape index (κ1) is 14.6. The molecule has 1 unspecified atom stereocenters. The molecule has 0 aliphatic heterocycles. The monoisotopic (exact) mass is 246 g/mol. The summed E-state index contributed by atoms with van der Waals surface area (Å²) in [7, 11) is 0. The Morgan fingerprint density at radius 3 is 2.67 bits per heavy atom. The van der Waals surface area contributed by atoms with Crippen molar-refractivity contribution in [1.29, 1.82) is 0 Å². The Hall–Kier alpha value is -1.51. The van der Waals surface area contributed by atoms with Crippen LogP contribution in [0.4, 0.5) is 0 Å². The van der Waals surface area contributed by atoms with Crippen molar-refractivity contribution >= 4 is 0 Å². The summed E-state index contributed by atoms with van der Waals surface area (Å²) in [5.74, 6) is 0.717. The molecule has 0 spiro atoms. The topological polar surface area (TPSA) is 52.0 Å². The van der Waals surface area contributed by atoms with E-state index < -0.39 is 0 Å². The standard InChI is InChI=1S/C14H22N4/c1-3-13(2)9-10-18(12-16-17-15)11-14-7-5-4-6-8-14/h4-8,13H,3,9-12H2,1-2H3. The largest absolute Gasteiger partial charge is 0.293 e. The molecule has 1 aromatic carbocycles. The van der Waals surface area contributed by atoms with Crippen molar-refractivity contribution < 1.29 is 0 Å². The first-order valence-corrected chi connectivity index (χ1v) is 6.53. The molecular weight excluding hydrogens is 224 g/mol. The molecule has 0 aliphatic carbocycles. The summed E-state index contributed by atoms with van der Waals surface area (Å²) in [6.07, 6.45) is 2.34. The van der Waals surface area contributed by atoms with Crippen molar-refractivity contribution in [3.05, 3.63) is 46.3 Å². The lowest BCUT2D eigenvalue weighted by molar-refractivity contribution is 0.251.